The Bertz CT molecular complexity index is 513. The first-order chi connectivity index (χ1) is 8.16. The van der Waals surface area contributed by atoms with Crippen molar-refractivity contribution < 1.29 is 4.92 Å². The Kier molecular flexibility index (Phi) is 3.34. The molecule has 0 aliphatic rings. The highest BCUT2D eigenvalue weighted by Gasteiger charge is 2.10. The van der Waals surface area contributed by atoms with Gasteiger partial charge in [-0.25, -0.2) is 4.98 Å². The summed E-state index contributed by atoms with van der Waals surface area (Å²) in [7, 11) is 0. The fraction of sp³-hybridized carbons (Fsp3) is 0.182. The average molecular weight is 249 g/mol. The van der Waals surface area contributed by atoms with Gasteiger partial charge in [-0.05, 0) is 29.3 Å². The Morgan fingerprint density at radius 1 is 1.53 bits per heavy atom. The summed E-state index contributed by atoms with van der Waals surface area (Å²) in [5.74, 6) is 0.512. The molecule has 0 radical (unpaired) electrons. The van der Waals surface area contributed by atoms with Crippen molar-refractivity contribution >= 4 is 22.8 Å². The van der Waals surface area contributed by atoms with Gasteiger partial charge in [0.1, 0.15) is 5.82 Å². The molecule has 1 atom stereocenters. The number of hydrogen-bond donors (Lipinski definition) is 1. The molecule has 1 unspecified atom stereocenters. The Morgan fingerprint density at radius 2 is 2.35 bits per heavy atom. The summed E-state index contributed by atoms with van der Waals surface area (Å²) in [4.78, 5) is 14.3. The van der Waals surface area contributed by atoms with E-state index >= 15 is 0 Å². The third kappa shape index (κ3) is 2.79. The van der Waals surface area contributed by atoms with Crippen molar-refractivity contribution in [3.05, 3.63) is 50.8 Å². The molecule has 5 nitrogen and oxygen atoms in total. The second kappa shape index (κ2) is 4.92. The Labute approximate surface area is 102 Å². The van der Waals surface area contributed by atoms with E-state index in [1.807, 2.05) is 23.8 Å². The van der Waals surface area contributed by atoms with Crippen LogP contribution in [0.15, 0.2) is 35.2 Å². The van der Waals surface area contributed by atoms with Crippen LogP contribution in [0.1, 0.15) is 18.5 Å². The normalized spacial score (nSPS) is 12.1. The zero-order valence-electron chi connectivity index (χ0n) is 9.16. The first kappa shape index (κ1) is 11.5. The SMILES string of the molecule is CC(Nc1cc([N+](=O)[O-])ccn1)c1ccsc1. The lowest BCUT2D eigenvalue weighted by Gasteiger charge is -2.12. The van der Waals surface area contributed by atoms with Crippen LogP contribution in [0.5, 0.6) is 0 Å². The molecule has 1 N–H and O–H groups in total. The molecular formula is C11H11N3O2S. The third-order valence-electron chi connectivity index (χ3n) is 2.36. The molecule has 0 aliphatic carbocycles. The summed E-state index contributed by atoms with van der Waals surface area (Å²) in [6.45, 7) is 1.99. The zero-order valence-corrected chi connectivity index (χ0v) is 9.98. The number of rotatable bonds is 4. The van der Waals surface area contributed by atoms with Crippen LogP contribution >= 0.6 is 11.3 Å². The van der Waals surface area contributed by atoms with Crippen molar-refractivity contribution in [3.63, 3.8) is 0 Å². The highest BCUT2D eigenvalue weighted by Crippen LogP contribution is 2.22. The third-order valence-corrected chi connectivity index (χ3v) is 3.06. The number of hydrogen-bond acceptors (Lipinski definition) is 5. The van der Waals surface area contributed by atoms with E-state index in [4.69, 9.17) is 0 Å². The molecule has 0 aliphatic heterocycles. The Morgan fingerprint density at radius 3 is 3.00 bits per heavy atom. The molecule has 0 spiro atoms. The summed E-state index contributed by atoms with van der Waals surface area (Å²) in [5.41, 5.74) is 1.18. The van der Waals surface area contributed by atoms with Gasteiger partial charge in [0.25, 0.3) is 5.69 Å². The van der Waals surface area contributed by atoms with Crippen molar-refractivity contribution in [2.45, 2.75) is 13.0 Å². The van der Waals surface area contributed by atoms with Gasteiger partial charge in [0.05, 0.1) is 17.0 Å². The molecule has 0 aromatic carbocycles. The quantitative estimate of drug-likeness (QED) is 0.667. The first-order valence-electron chi connectivity index (χ1n) is 5.06. The molecule has 0 bridgehead atoms. The highest BCUT2D eigenvalue weighted by molar-refractivity contribution is 7.07. The summed E-state index contributed by atoms with van der Waals surface area (Å²) in [6.07, 6.45) is 1.43. The van der Waals surface area contributed by atoms with E-state index in [1.54, 1.807) is 11.3 Å². The summed E-state index contributed by atoms with van der Waals surface area (Å²) < 4.78 is 0. The summed E-state index contributed by atoms with van der Waals surface area (Å²) in [6, 6.07) is 4.90. The van der Waals surface area contributed by atoms with E-state index in [2.05, 4.69) is 10.3 Å². The molecule has 2 aromatic heterocycles. The molecule has 2 rings (SSSR count). The van der Waals surface area contributed by atoms with E-state index in [9.17, 15) is 10.1 Å². The van der Waals surface area contributed by atoms with Crippen molar-refractivity contribution in [3.8, 4) is 0 Å². The molecule has 2 aromatic rings. The fourth-order valence-electron chi connectivity index (χ4n) is 1.44. The summed E-state index contributed by atoms with van der Waals surface area (Å²) in [5, 5.41) is 17.8. The fourth-order valence-corrected chi connectivity index (χ4v) is 2.19. The molecule has 6 heteroatoms. The van der Waals surface area contributed by atoms with Crippen LogP contribution in [0.25, 0.3) is 0 Å². The van der Waals surface area contributed by atoms with E-state index in [1.165, 1.54) is 18.3 Å². The highest BCUT2D eigenvalue weighted by atomic mass is 32.1. The number of nitrogens with one attached hydrogen (secondary N) is 1. The minimum atomic E-state index is -0.428. The number of aromatic nitrogens is 1. The van der Waals surface area contributed by atoms with Gasteiger partial charge in [-0.2, -0.15) is 11.3 Å². The number of nitro groups is 1. The topological polar surface area (TPSA) is 68.1 Å². The zero-order chi connectivity index (χ0) is 12.3. The van der Waals surface area contributed by atoms with Gasteiger partial charge in [0, 0.05) is 12.3 Å². The Balaban J connectivity index is 2.13. The number of anilines is 1. The smallest absolute Gasteiger partial charge is 0.274 e. The van der Waals surface area contributed by atoms with Crippen LogP contribution in [-0.2, 0) is 0 Å². The van der Waals surface area contributed by atoms with Gasteiger partial charge >= 0.3 is 0 Å². The lowest BCUT2D eigenvalue weighted by atomic mass is 10.2. The van der Waals surface area contributed by atoms with E-state index in [-0.39, 0.29) is 11.7 Å². The van der Waals surface area contributed by atoms with Gasteiger partial charge in [0.2, 0.25) is 0 Å². The molecular weight excluding hydrogens is 238 g/mol. The predicted octanol–water partition coefficient (Wildman–Crippen LogP) is 3.22. The Hall–Kier alpha value is -1.95. The van der Waals surface area contributed by atoms with Crippen LogP contribution in [0, 0.1) is 10.1 Å². The standard InChI is InChI=1S/C11H11N3O2S/c1-8(9-3-5-17-7-9)13-11-6-10(14(15)16)2-4-12-11/h2-8H,1H3,(H,12,13). The molecule has 88 valence electrons. The molecule has 17 heavy (non-hydrogen) atoms. The maximum atomic E-state index is 10.6. The van der Waals surface area contributed by atoms with E-state index < -0.39 is 4.92 Å². The van der Waals surface area contributed by atoms with Crippen molar-refractivity contribution in [1.82, 2.24) is 4.98 Å². The molecule has 0 amide bonds. The van der Waals surface area contributed by atoms with Crippen LogP contribution in [-0.4, -0.2) is 9.91 Å². The van der Waals surface area contributed by atoms with Crippen molar-refractivity contribution in [2.24, 2.45) is 0 Å². The van der Waals surface area contributed by atoms with E-state index in [0.717, 1.165) is 5.56 Å². The first-order valence-corrected chi connectivity index (χ1v) is 6.00. The second-order valence-corrected chi connectivity index (χ2v) is 4.36. The van der Waals surface area contributed by atoms with Crippen LogP contribution in [0.2, 0.25) is 0 Å². The maximum Gasteiger partial charge on any atom is 0.274 e. The number of thiophene rings is 1. The number of pyridine rings is 1. The minimum Gasteiger partial charge on any atom is -0.363 e. The van der Waals surface area contributed by atoms with Gasteiger partial charge in [-0.15, -0.1) is 0 Å². The molecule has 0 saturated carbocycles. The van der Waals surface area contributed by atoms with Crippen LogP contribution in [0.3, 0.4) is 0 Å². The largest absolute Gasteiger partial charge is 0.363 e. The van der Waals surface area contributed by atoms with Gasteiger partial charge in [0.15, 0.2) is 0 Å². The molecule has 2 heterocycles. The van der Waals surface area contributed by atoms with Gasteiger partial charge in [-0.1, -0.05) is 0 Å². The van der Waals surface area contributed by atoms with Crippen LogP contribution < -0.4 is 5.32 Å². The molecule has 0 saturated heterocycles. The van der Waals surface area contributed by atoms with Gasteiger partial charge < -0.3 is 5.32 Å². The summed E-state index contributed by atoms with van der Waals surface area (Å²) >= 11 is 1.62. The van der Waals surface area contributed by atoms with Crippen molar-refractivity contribution in [1.29, 1.82) is 0 Å². The average Bonchev–Trinajstić information content (AvgIpc) is 2.82. The van der Waals surface area contributed by atoms with Gasteiger partial charge in [-0.3, -0.25) is 10.1 Å². The van der Waals surface area contributed by atoms with Crippen LogP contribution in [0.4, 0.5) is 11.5 Å². The molecule has 0 fully saturated rings. The van der Waals surface area contributed by atoms with E-state index in [0.29, 0.717) is 5.82 Å². The maximum absolute atomic E-state index is 10.6. The monoisotopic (exact) mass is 249 g/mol. The minimum absolute atomic E-state index is 0.0417. The lowest BCUT2D eigenvalue weighted by Crippen LogP contribution is -2.07. The predicted molar refractivity (Wildman–Crippen MR) is 67.2 cm³/mol. The van der Waals surface area contributed by atoms with Crippen molar-refractivity contribution in [2.75, 3.05) is 5.32 Å². The second-order valence-electron chi connectivity index (χ2n) is 3.58. The number of nitrogens with zero attached hydrogens (tertiary/aromatic N) is 2. The lowest BCUT2D eigenvalue weighted by molar-refractivity contribution is -0.384.